The van der Waals surface area contributed by atoms with E-state index in [1.165, 1.54) is 17.0 Å². The van der Waals surface area contributed by atoms with Crippen molar-refractivity contribution in [2.24, 2.45) is 0 Å². The first kappa shape index (κ1) is 13.0. The summed E-state index contributed by atoms with van der Waals surface area (Å²) in [7, 11) is 5.01. The van der Waals surface area contributed by atoms with Crippen molar-refractivity contribution in [3.63, 3.8) is 0 Å². The zero-order valence-corrected chi connectivity index (χ0v) is 10.1. The Labute approximate surface area is 99.9 Å². The molecule has 1 rings (SSSR count). The van der Waals surface area contributed by atoms with Crippen molar-refractivity contribution >= 4 is 11.6 Å². The zero-order chi connectivity index (χ0) is 13.0. The second-order valence-corrected chi connectivity index (χ2v) is 3.92. The summed E-state index contributed by atoms with van der Waals surface area (Å²) in [5.41, 5.74) is 0.767. The van der Waals surface area contributed by atoms with Gasteiger partial charge in [-0.1, -0.05) is 0 Å². The maximum Gasteiger partial charge on any atom is 0.241 e. The van der Waals surface area contributed by atoms with Crippen LogP contribution in [0.5, 0.6) is 0 Å². The van der Waals surface area contributed by atoms with Gasteiger partial charge in [0.05, 0.1) is 17.8 Å². The largest absolute Gasteiger partial charge is 0.364 e. The number of halogens is 1. The van der Waals surface area contributed by atoms with Crippen molar-refractivity contribution in [2.75, 3.05) is 32.6 Å². The van der Waals surface area contributed by atoms with Crippen LogP contribution in [-0.2, 0) is 4.79 Å². The highest BCUT2D eigenvalue weighted by Crippen LogP contribution is 2.19. The molecule has 0 N–H and O–H groups in total. The van der Waals surface area contributed by atoms with Crippen LogP contribution in [0.1, 0.15) is 5.56 Å². The van der Waals surface area contributed by atoms with Crippen LogP contribution in [0.2, 0.25) is 0 Å². The van der Waals surface area contributed by atoms with Crippen molar-refractivity contribution < 1.29 is 9.18 Å². The first-order valence-electron chi connectivity index (χ1n) is 5.06. The van der Waals surface area contributed by atoms with Gasteiger partial charge in [0.1, 0.15) is 11.9 Å². The monoisotopic (exact) mass is 235 g/mol. The molecule has 0 aliphatic carbocycles. The van der Waals surface area contributed by atoms with E-state index in [1.54, 1.807) is 26.0 Å². The van der Waals surface area contributed by atoms with Gasteiger partial charge in [-0.15, -0.1) is 0 Å². The molecule has 0 aliphatic heterocycles. The average molecular weight is 235 g/mol. The molecule has 0 spiro atoms. The summed E-state index contributed by atoms with van der Waals surface area (Å²) in [6.45, 7) is 0.146. The van der Waals surface area contributed by atoms with Crippen LogP contribution in [0.15, 0.2) is 18.2 Å². The number of amides is 1. The van der Waals surface area contributed by atoms with Gasteiger partial charge >= 0.3 is 0 Å². The quantitative estimate of drug-likeness (QED) is 0.791. The predicted molar refractivity (Wildman–Crippen MR) is 63.1 cm³/mol. The van der Waals surface area contributed by atoms with Gasteiger partial charge in [0.2, 0.25) is 5.91 Å². The summed E-state index contributed by atoms with van der Waals surface area (Å²) < 4.78 is 12.9. The maximum atomic E-state index is 12.9. The Morgan fingerprint density at radius 3 is 2.59 bits per heavy atom. The van der Waals surface area contributed by atoms with Gasteiger partial charge in [0.25, 0.3) is 0 Å². The number of carbonyl (C=O) groups excluding carboxylic acids is 1. The molecule has 0 fully saturated rings. The Morgan fingerprint density at radius 2 is 2.06 bits per heavy atom. The molecule has 4 nitrogen and oxygen atoms in total. The van der Waals surface area contributed by atoms with E-state index < -0.39 is 5.82 Å². The van der Waals surface area contributed by atoms with E-state index in [9.17, 15) is 9.18 Å². The molecule has 0 aliphatic rings. The molecule has 5 heteroatoms. The molecule has 90 valence electrons. The molecule has 1 aromatic carbocycles. The molecule has 0 atom stereocenters. The Morgan fingerprint density at radius 1 is 1.41 bits per heavy atom. The van der Waals surface area contributed by atoms with Crippen molar-refractivity contribution in [2.45, 2.75) is 0 Å². The van der Waals surface area contributed by atoms with Crippen molar-refractivity contribution in [1.29, 1.82) is 5.26 Å². The van der Waals surface area contributed by atoms with Crippen LogP contribution < -0.4 is 4.90 Å². The number of nitrogens with zero attached hydrogens (tertiary/aromatic N) is 3. The number of likely N-dealkylation sites (N-methyl/N-ethyl adjacent to an activating group) is 2. The Hall–Kier alpha value is -2.09. The zero-order valence-electron chi connectivity index (χ0n) is 10.1. The second-order valence-electron chi connectivity index (χ2n) is 3.92. The standard InChI is InChI=1S/C12H14FN3O/c1-15(2)12(17)8-16(3)11-5-4-10(13)6-9(11)7-14/h4-6H,8H2,1-3H3. The van der Waals surface area contributed by atoms with E-state index in [1.807, 2.05) is 6.07 Å². The number of nitriles is 1. The van der Waals surface area contributed by atoms with E-state index >= 15 is 0 Å². The number of anilines is 1. The lowest BCUT2D eigenvalue weighted by molar-refractivity contribution is -0.127. The summed E-state index contributed by atoms with van der Waals surface area (Å²) in [5.74, 6) is -0.543. The van der Waals surface area contributed by atoms with Crippen LogP contribution in [0.25, 0.3) is 0 Å². The molecular weight excluding hydrogens is 221 g/mol. The molecular formula is C12H14FN3O. The fourth-order valence-electron chi connectivity index (χ4n) is 1.36. The minimum atomic E-state index is -0.461. The minimum absolute atomic E-state index is 0.0827. The van der Waals surface area contributed by atoms with E-state index in [0.29, 0.717) is 5.69 Å². The smallest absolute Gasteiger partial charge is 0.241 e. The minimum Gasteiger partial charge on any atom is -0.364 e. The fraction of sp³-hybridized carbons (Fsp3) is 0.333. The van der Waals surface area contributed by atoms with Gasteiger partial charge in [-0.05, 0) is 18.2 Å². The lowest BCUT2D eigenvalue weighted by atomic mass is 10.1. The van der Waals surface area contributed by atoms with Gasteiger partial charge in [-0.25, -0.2) is 4.39 Å². The van der Waals surface area contributed by atoms with Crippen LogP contribution >= 0.6 is 0 Å². The summed E-state index contributed by atoms with van der Waals surface area (Å²) in [6, 6.07) is 5.84. The summed E-state index contributed by atoms with van der Waals surface area (Å²) in [6.07, 6.45) is 0. The average Bonchev–Trinajstić information content (AvgIpc) is 2.28. The van der Waals surface area contributed by atoms with E-state index in [0.717, 1.165) is 6.07 Å². The Balaban J connectivity index is 2.93. The third-order valence-corrected chi connectivity index (χ3v) is 2.36. The van der Waals surface area contributed by atoms with Gasteiger partial charge in [0, 0.05) is 21.1 Å². The molecule has 0 saturated carbocycles. The molecule has 1 amide bonds. The van der Waals surface area contributed by atoms with Crippen molar-refractivity contribution in [1.82, 2.24) is 4.90 Å². The van der Waals surface area contributed by atoms with Crippen molar-refractivity contribution in [3.8, 4) is 6.07 Å². The predicted octanol–water partition coefficient (Wildman–Crippen LogP) is 1.22. The number of hydrogen-bond acceptors (Lipinski definition) is 3. The molecule has 0 radical (unpaired) electrons. The highest BCUT2D eigenvalue weighted by atomic mass is 19.1. The first-order valence-corrected chi connectivity index (χ1v) is 5.06. The van der Waals surface area contributed by atoms with Crippen LogP contribution in [0, 0.1) is 17.1 Å². The SMILES string of the molecule is CN(C)C(=O)CN(C)c1ccc(F)cc1C#N. The number of hydrogen-bond donors (Lipinski definition) is 0. The number of benzene rings is 1. The highest BCUT2D eigenvalue weighted by molar-refractivity contribution is 5.81. The lowest BCUT2D eigenvalue weighted by Crippen LogP contribution is -2.34. The molecule has 0 heterocycles. The number of carbonyl (C=O) groups is 1. The first-order chi connectivity index (χ1) is 7.95. The Bertz CT molecular complexity index is 465. The molecule has 0 bridgehead atoms. The van der Waals surface area contributed by atoms with Gasteiger partial charge in [-0.3, -0.25) is 4.79 Å². The Kier molecular flexibility index (Phi) is 4.05. The molecule has 17 heavy (non-hydrogen) atoms. The summed E-state index contributed by atoms with van der Waals surface area (Å²) in [4.78, 5) is 14.6. The second kappa shape index (κ2) is 5.30. The van der Waals surface area contributed by atoms with Crippen molar-refractivity contribution in [3.05, 3.63) is 29.6 Å². The van der Waals surface area contributed by atoms with E-state index in [4.69, 9.17) is 5.26 Å². The third kappa shape index (κ3) is 3.18. The van der Waals surface area contributed by atoms with Crippen LogP contribution in [0.3, 0.4) is 0 Å². The van der Waals surface area contributed by atoms with Gasteiger partial charge < -0.3 is 9.80 Å². The maximum absolute atomic E-state index is 12.9. The molecule has 0 aromatic heterocycles. The summed E-state index contributed by atoms with van der Waals surface area (Å²) in [5, 5.41) is 8.90. The highest BCUT2D eigenvalue weighted by Gasteiger charge is 2.12. The van der Waals surface area contributed by atoms with E-state index in [-0.39, 0.29) is 18.0 Å². The molecule has 1 aromatic rings. The van der Waals surface area contributed by atoms with Crippen LogP contribution in [-0.4, -0.2) is 38.5 Å². The van der Waals surface area contributed by atoms with Gasteiger partial charge in [-0.2, -0.15) is 5.26 Å². The van der Waals surface area contributed by atoms with E-state index in [2.05, 4.69) is 0 Å². The molecule has 0 unspecified atom stereocenters. The molecule has 0 saturated heterocycles. The van der Waals surface area contributed by atoms with Crippen LogP contribution in [0.4, 0.5) is 10.1 Å². The fourth-order valence-corrected chi connectivity index (χ4v) is 1.36. The summed E-state index contributed by atoms with van der Waals surface area (Å²) >= 11 is 0. The topological polar surface area (TPSA) is 47.3 Å². The normalized spacial score (nSPS) is 9.59. The third-order valence-electron chi connectivity index (χ3n) is 2.36. The lowest BCUT2D eigenvalue weighted by Gasteiger charge is -2.21. The van der Waals surface area contributed by atoms with Gasteiger partial charge in [0.15, 0.2) is 0 Å². The number of rotatable bonds is 3.